The molecule has 0 aliphatic rings. The molecule has 0 saturated heterocycles. The molecule has 0 fully saturated rings. The molecule has 0 bridgehead atoms. The van der Waals surface area contributed by atoms with Crippen LogP contribution in [0.15, 0.2) is 29.4 Å². The zero-order valence-electron chi connectivity index (χ0n) is 7.41. The third-order valence-corrected chi connectivity index (χ3v) is 2.84. The van der Waals surface area contributed by atoms with Crippen LogP contribution in [0.25, 0.3) is 10.2 Å². The highest BCUT2D eigenvalue weighted by Crippen LogP contribution is 2.21. The Kier molecular flexibility index (Phi) is 2.34. The number of oxime groups is 1. The van der Waals surface area contributed by atoms with Crippen molar-refractivity contribution in [3.8, 4) is 0 Å². The summed E-state index contributed by atoms with van der Waals surface area (Å²) in [5.41, 5.74) is 0.260. The standard InChI is InChI=1S/C9H6N2O3S/c12-9(13)7(11-14)8-10-5-3-1-2-4-6(5)15-8/h1-4,14H,(H,12,13)/b11-7-. The number of hydrogen-bond donors (Lipinski definition) is 2. The molecule has 76 valence electrons. The molecule has 5 nitrogen and oxygen atoms in total. The normalized spacial score (nSPS) is 11.9. The van der Waals surface area contributed by atoms with Crippen LogP contribution in [-0.4, -0.2) is 27.0 Å². The molecule has 2 rings (SSSR count). The van der Waals surface area contributed by atoms with E-state index in [1.165, 1.54) is 11.3 Å². The van der Waals surface area contributed by atoms with Gasteiger partial charge in [-0.05, 0) is 12.1 Å². The van der Waals surface area contributed by atoms with Crippen molar-refractivity contribution < 1.29 is 15.1 Å². The second-order valence-corrected chi connectivity index (χ2v) is 3.77. The minimum absolute atomic E-state index is 0.200. The van der Waals surface area contributed by atoms with Crippen LogP contribution in [0.5, 0.6) is 0 Å². The summed E-state index contributed by atoms with van der Waals surface area (Å²) in [5, 5.41) is 20.2. The van der Waals surface area contributed by atoms with Gasteiger partial charge in [0.25, 0.3) is 0 Å². The number of benzene rings is 1. The lowest BCUT2D eigenvalue weighted by molar-refractivity contribution is -0.129. The van der Waals surface area contributed by atoms with E-state index in [4.69, 9.17) is 10.3 Å². The number of aliphatic carboxylic acids is 1. The van der Waals surface area contributed by atoms with Gasteiger partial charge >= 0.3 is 5.97 Å². The van der Waals surface area contributed by atoms with Crippen molar-refractivity contribution >= 4 is 33.2 Å². The molecule has 1 heterocycles. The molecular formula is C9H6N2O3S. The quantitative estimate of drug-likeness (QED) is 0.459. The van der Waals surface area contributed by atoms with Crippen molar-refractivity contribution in [1.29, 1.82) is 0 Å². The number of hydrogen-bond acceptors (Lipinski definition) is 5. The van der Waals surface area contributed by atoms with Gasteiger partial charge in [-0.3, -0.25) is 0 Å². The maximum atomic E-state index is 10.7. The lowest BCUT2D eigenvalue weighted by atomic mass is 10.3. The Morgan fingerprint density at radius 3 is 2.73 bits per heavy atom. The summed E-state index contributed by atoms with van der Waals surface area (Å²) in [6, 6.07) is 7.24. The van der Waals surface area contributed by atoms with E-state index in [-0.39, 0.29) is 5.01 Å². The fourth-order valence-electron chi connectivity index (χ4n) is 1.15. The van der Waals surface area contributed by atoms with E-state index >= 15 is 0 Å². The van der Waals surface area contributed by atoms with Crippen molar-refractivity contribution in [2.75, 3.05) is 0 Å². The molecule has 6 heteroatoms. The van der Waals surface area contributed by atoms with E-state index in [1.54, 1.807) is 6.07 Å². The number of fused-ring (bicyclic) bond motifs is 1. The van der Waals surface area contributed by atoms with Gasteiger partial charge in [-0.1, -0.05) is 17.3 Å². The van der Waals surface area contributed by atoms with Crippen molar-refractivity contribution in [3.05, 3.63) is 29.3 Å². The molecule has 0 saturated carbocycles. The number of nitrogens with zero attached hydrogens (tertiary/aromatic N) is 2. The van der Waals surface area contributed by atoms with Crippen molar-refractivity contribution in [3.63, 3.8) is 0 Å². The molecule has 15 heavy (non-hydrogen) atoms. The smallest absolute Gasteiger partial charge is 0.361 e. The summed E-state index contributed by atoms with van der Waals surface area (Å²) >= 11 is 1.18. The molecule has 0 aliphatic carbocycles. The SMILES string of the molecule is O=C(O)/C(=N\O)c1nc2ccccc2s1. The van der Waals surface area contributed by atoms with Crippen LogP contribution >= 0.6 is 11.3 Å². The van der Waals surface area contributed by atoms with Gasteiger partial charge in [0.05, 0.1) is 10.2 Å². The van der Waals surface area contributed by atoms with Crippen LogP contribution in [0.2, 0.25) is 0 Å². The molecule has 1 aromatic carbocycles. The summed E-state index contributed by atoms with van der Waals surface area (Å²) in [5.74, 6) is -1.29. The van der Waals surface area contributed by atoms with E-state index in [0.717, 1.165) is 4.70 Å². The first-order valence-electron chi connectivity index (χ1n) is 4.03. The zero-order valence-corrected chi connectivity index (χ0v) is 8.23. The summed E-state index contributed by atoms with van der Waals surface area (Å²) in [7, 11) is 0. The topological polar surface area (TPSA) is 82.8 Å². The number of carboxylic acids is 1. The van der Waals surface area contributed by atoms with Crippen LogP contribution in [0.3, 0.4) is 0 Å². The molecule has 0 atom stereocenters. The van der Waals surface area contributed by atoms with E-state index < -0.39 is 11.7 Å². The third kappa shape index (κ3) is 1.66. The van der Waals surface area contributed by atoms with Crippen LogP contribution in [0.1, 0.15) is 5.01 Å². The lowest BCUT2D eigenvalue weighted by Gasteiger charge is -1.90. The monoisotopic (exact) mass is 222 g/mol. The molecule has 0 amide bonds. The molecule has 0 radical (unpaired) electrons. The van der Waals surface area contributed by atoms with E-state index in [1.807, 2.05) is 18.2 Å². The Labute approximate surface area is 88.3 Å². The largest absolute Gasteiger partial charge is 0.476 e. The maximum absolute atomic E-state index is 10.7. The predicted octanol–water partition coefficient (Wildman–Crippen LogP) is 1.56. The molecule has 2 N–H and O–H groups in total. The van der Waals surface area contributed by atoms with E-state index in [0.29, 0.717) is 5.52 Å². The predicted molar refractivity (Wildman–Crippen MR) is 55.6 cm³/mol. The van der Waals surface area contributed by atoms with Gasteiger partial charge < -0.3 is 10.3 Å². The molecule has 1 aromatic heterocycles. The second-order valence-electron chi connectivity index (χ2n) is 2.74. The van der Waals surface area contributed by atoms with Crippen LogP contribution < -0.4 is 0 Å². The molecule has 0 aliphatic heterocycles. The molecule has 2 aromatic rings. The van der Waals surface area contributed by atoms with Crippen LogP contribution in [0.4, 0.5) is 0 Å². The van der Waals surface area contributed by atoms with Gasteiger partial charge in [0.2, 0.25) is 5.71 Å². The third-order valence-electron chi connectivity index (χ3n) is 1.80. The molecular weight excluding hydrogens is 216 g/mol. The van der Waals surface area contributed by atoms with Crippen molar-refractivity contribution in [2.24, 2.45) is 5.16 Å². The Morgan fingerprint density at radius 2 is 2.13 bits per heavy atom. The number of thiazole rings is 1. The Hall–Kier alpha value is -1.95. The van der Waals surface area contributed by atoms with Gasteiger partial charge in [-0.25, -0.2) is 9.78 Å². The van der Waals surface area contributed by atoms with Gasteiger partial charge in [0, 0.05) is 0 Å². The second kappa shape index (κ2) is 3.66. The average Bonchev–Trinajstić information content (AvgIpc) is 2.61. The Morgan fingerprint density at radius 1 is 1.40 bits per heavy atom. The Balaban J connectivity index is 2.58. The van der Waals surface area contributed by atoms with Gasteiger partial charge in [0.15, 0.2) is 5.01 Å². The molecule has 0 spiro atoms. The summed E-state index contributed by atoms with van der Waals surface area (Å²) in [6.07, 6.45) is 0. The highest BCUT2D eigenvalue weighted by atomic mass is 32.1. The summed E-state index contributed by atoms with van der Waals surface area (Å²) in [4.78, 5) is 14.7. The number of aromatic nitrogens is 1. The van der Waals surface area contributed by atoms with Crippen LogP contribution in [-0.2, 0) is 4.79 Å². The van der Waals surface area contributed by atoms with Crippen molar-refractivity contribution in [1.82, 2.24) is 4.98 Å². The van der Waals surface area contributed by atoms with Gasteiger partial charge in [-0.15, -0.1) is 11.3 Å². The number of rotatable bonds is 2. The fraction of sp³-hybridized carbons (Fsp3) is 0. The van der Waals surface area contributed by atoms with E-state index in [2.05, 4.69) is 10.1 Å². The first-order chi connectivity index (χ1) is 7.22. The minimum atomic E-state index is -1.29. The Bertz CT molecular complexity index is 514. The number of para-hydroxylation sites is 1. The summed E-state index contributed by atoms with van der Waals surface area (Å²) in [6.45, 7) is 0. The minimum Gasteiger partial charge on any atom is -0.476 e. The summed E-state index contributed by atoms with van der Waals surface area (Å²) < 4.78 is 0.856. The zero-order chi connectivity index (χ0) is 10.8. The van der Waals surface area contributed by atoms with Gasteiger partial charge in [0.1, 0.15) is 0 Å². The van der Waals surface area contributed by atoms with Crippen molar-refractivity contribution in [2.45, 2.75) is 0 Å². The average molecular weight is 222 g/mol. The first-order valence-corrected chi connectivity index (χ1v) is 4.85. The number of carboxylic acid groups (broad SMARTS) is 1. The fourth-order valence-corrected chi connectivity index (χ4v) is 2.09. The van der Waals surface area contributed by atoms with Gasteiger partial charge in [-0.2, -0.15) is 0 Å². The highest BCUT2D eigenvalue weighted by molar-refractivity contribution is 7.21. The maximum Gasteiger partial charge on any atom is 0.361 e. The number of carbonyl (C=O) groups is 1. The first kappa shape index (κ1) is 9.60. The lowest BCUT2D eigenvalue weighted by Crippen LogP contribution is -2.13. The molecule has 0 unspecified atom stereocenters. The van der Waals surface area contributed by atoms with E-state index in [9.17, 15) is 4.79 Å². The van der Waals surface area contributed by atoms with Crippen LogP contribution in [0, 0.1) is 0 Å². The highest BCUT2D eigenvalue weighted by Gasteiger charge is 2.17.